The van der Waals surface area contributed by atoms with Crippen LogP contribution in [0.4, 0.5) is 0 Å². The third-order valence-electron chi connectivity index (χ3n) is 1.89. The highest BCUT2D eigenvalue weighted by Gasteiger charge is 2.10. The van der Waals surface area contributed by atoms with Gasteiger partial charge in [-0.2, -0.15) is 0 Å². The minimum atomic E-state index is 0.347. The van der Waals surface area contributed by atoms with Gasteiger partial charge in [-0.05, 0) is 17.5 Å². The zero-order valence-corrected chi connectivity index (χ0v) is 9.41. The van der Waals surface area contributed by atoms with Crippen molar-refractivity contribution in [1.82, 2.24) is 0 Å². The van der Waals surface area contributed by atoms with Crippen LogP contribution in [0.15, 0.2) is 12.1 Å². The smallest absolute Gasteiger partial charge is 0.120 e. The fourth-order valence-corrected chi connectivity index (χ4v) is 1.67. The van der Waals surface area contributed by atoms with Gasteiger partial charge in [0, 0.05) is 6.07 Å². The van der Waals surface area contributed by atoms with Crippen molar-refractivity contribution in [3.05, 3.63) is 27.7 Å². The zero-order valence-electron chi connectivity index (χ0n) is 7.90. The largest absolute Gasteiger partial charge is 0.497 e. The minimum Gasteiger partial charge on any atom is -0.497 e. The van der Waals surface area contributed by atoms with Crippen molar-refractivity contribution >= 4 is 23.2 Å². The first-order valence-electron chi connectivity index (χ1n) is 4.09. The van der Waals surface area contributed by atoms with Crippen LogP contribution in [0.1, 0.15) is 25.3 Å². The van der Waals surface area contributed by atoms with E-state index < -0.39 is 0 Å². The Labute approximate surface area is 88.6 Å². The first-order valence-corrected chi connectivity index (χ1v) is 4.84. The highest BCUT2D eigenvalue weighted by molar-refractivity contribution is 6.42. The van der Waals surface area contributed by atoms with Crippen molar-refractivity contribution in [3.8, 4) is 5.75 Å². The molecule has 0 unspecified atom stereocenters. The molecule has 0 bridgehead atoms. The highest BCUT2D eigenvalue weighted by Crippen LogP contribution is 2.34. The lowest BCUT2D eigenvalue weighted by Crippen LogP contribution is -1.92. The Morgan fingerprint density at radius 2 is 1.85 bits per heavy atom. The molecule has 0 aliphatic heterocycles. The number of halogens is 2. The summed E-state index contributed by atoms with van der Waals surface area (Å²) in [6, 6.07) is 3.63. The Morgan fingerprint density at radius 1 is 1.23 bits per heavy atom. The summed E-state index contributed by atoms with van der Waals surface area (Å²) in [6.07, 6.45) is 0. The molecule has 0 spiro atoms. The minimum absolute atomic E-state index is 0.347. The second-order valence-corrected chi connectivity index (χ2v) is 3.95. The molecule has 72 valence electrons. The van der Waals surface area contributed by atoms with Gasteiger partial charge in [0.05, 0.1) is 17.2 Å². The van der Waals surface area contributed by atoms with Gasteiger partial charge in [-0.15, -0.1) is 0 Å². The fraction of sp³-hybridized carbons (Fsp3) is 0.400. The van der Waals surface area contributed by atoms with E-state index >= 15 is 0 Å². The number of benzene rings is 1. The van der Waals surface area contributed by atoms with Crippen LogP contribution in [0.2, 0.25) is 10.0 Å². The first kappa shape index (κ1) is 10.7. The number of methoxy groups -OCH3 is 1. The topological polar surface area (TPSA) is 9.23 Å². The van der Waals surface area contributed by atoms with Crippen LogP contribution in [-0.2, 0) is 0 Å². The standard InChI is InChI=1S/C10H12Cl2O/c1-6(2)8-4-7(13-3)5-9(11)10(8)12/h4-6H,1-3H3. The molecule has 3 heteroatoms. The van der Waals surface area contributed by atoms with Crippen molar-refractivity contribution in [1.29, 1.82) is 0 Å². The van der Waals surface area contributed by atoms with Gasteiger partial charge in [0.15, 0.2) is 0 Å². The monoisotopic (exact) mass is 218 g/mol. The summed E-state index contributed by atoms with van der Waals surface area (Å²) >= 11 is 12.0. The van der Waals surface area contributed by atoms with Crippen LogP contribution in [-0.4, -0.2) is 7.11 Å². The van der Waals surface area contributed by atoms with Gasteiger partial charge in [0.1, 0.15) is 5.75 Å². The summed E-state index contributed by atoms with van der Waals surface area (Å²) < 4.78 is 5.10. The van der Waals surface area contributed by atoms with Crippen LogP contribution in [0.5, 0.6) is 5.75 Å². The molecular weight excluding hydrogens is 207 g/mol. The molecule has 0 saturated carbocycles. The Balaban J connectivity index is 3.25. The summed E-state index contributed by atoms with van der Waals surface area (Å²) in [5.41, 5.74) is 1.02. The van der Waals surface area contributed by atoms with Crippen LogP contribution in [0.3, 0.4) is 0 Å². The predicted molar refractivity (Wildman–Crippen MR) is 57.1 cm³/mol. The lowest BCUT2D eigenvalue weighted by Gasteiger charge is -2.11. The van der Waals surface area contributed by atoms with Crippen LogP contribution < -0.4 is 4.74 Å². The van der Waals surface area contributed by atoms with E-state index in [2.05, 4.69) is 13.8 Å². The Morgan fingerprint density at radius 3 is 2.31 bits per heavy atom. The van der Waals surface area contributed by atoms with Crippen LogP contribution in [0.25, 0.3) is 0 Å². The Hall–Kier alpha value is -0.400. The average molecular weight is 219 g/mol. The van der Waals surface area contributed by atoms with Gasteiger partial charge in [-0.3, -0.25) is 0 Å². The first-order chi connectivity index (χ1) is 6.06. The van der Waals surface area contributed by atoms with Crippen molar-refractivity contribution in [2.75, 3.05) is 7.11 Å². The van der Waals surface area contributed by atoms with Gasteiger partial charge in [0.25, 0.3) is 0 Å². The van der Waals surface area contributed by atoms with Gasteiger partial charge < -0.3 is 4.74 Å². The van der Waals surface area contributed by atoms with E-state index in [1.165, 1.54) is 0 Å². The molecule has 13 heavy (non-hydrogen) atoms. The van der Waals surface area contributed by atoms with E-state index in [1.807, 2.05) is 6.07 Å². The molecule has 1 aromatic carbocycles. The quantitative estimate of drug-likeness (QED) is 0.726. The normalized spacial score (nSPS) is 10.6. The number of hydrogen-bond acceptors (Lipinski definition) is 1. The molecule has 0 saturated heterocycles. The van der Waals surface area contributed by atoms with Gasteiger partial charge in [-0.1, -0.05) is 37.0 Å². The maximum absolute atomic E-state index is 6.03. The highest BCUT2D eigenvalue weighted by atomic mass is 35.5. The van der Waals surface area contributed by atoms with Crippen molar-refractivity contribution < 1.29 is 4.74 Å². The molecule has 0 N–H and O–H groups in total. The van der Waals surface area contributed by atoms with Crippen molar-refractivity contribution in [2.45, 2.75) is 19.8 Å². The molecule has 1 rings (SSSR count). The summed E-state index contributed by atoms with van der Waals surface area (Å²) in [5.74, 6) is 1.10. The summed E-state index contributed by atoms with van der Waals surface area (Å²) in [6.45, 7) is 4.13. The lowest BCUT2D eigenvalue weighted by molar-refractivity contribution is 0.414. The maximum atomic E-state index is 6.03. The molecule has 1 nitrogen and oxygen atoms in total. The second-order valence-electron chi connectivity index (χ2n) is 3.17. The summed E-state index contributed by atoms with van der Waals surface area (Å²) in [5, 5.41) is 1.17. The fourth-order valence-electron chi connectivity index (χ4n) is 1.12. The van der Waals surface area contributed by atoms with E-state index in [0.29, 0.717) is 16.0 Å². The average Bonchev–Trinajstić information content (AvgIpc) is 2.09. The van der Waals surface area contributed by atoms with Gasteiger partial charge in [0.2, 0.25) is 0 Å². The van der Waals surface area contributed by atoms with E-state index in [0.717, 1.165) is 11.3 Å². The molecule has 1 aromatic rings. The molecular formula is C10H12Cl2O. The second kappa shape index (κ2) is 4.21. The molecule has 0 aliphatic carbocycles. The van der Waals surface area contributed by atoms with Crippen molar-refractivity contribution in [2.24, 2.45) is 0 Å². The van der Waals surface area contributed by atoms with Crippen LogP contribution >= 0.6 is 23.2 Å². The number of ether oxygens (including phenoxy) is 1. The summed E-state index contributed by atoms with van der Waals surface area (Å²) in [7, 11) is 1.61. The van der Waals surface area contributed by atoms with Gasteiger partial charge >= 0.3 is 0 Å². The van der Waals surface area contributed by atoms with Crippen LogP contribution in [0, 0.1) is 0 Å². The lowest BCUT2D eigenvalue weighted by atomic mass is 10.0. The molecule has 0 atom stereocenters. The molecule has 0 heterocycles. The Kier molecular flexibility index (Phi) is 3.46. The molecule has 0 fully saturated rings. The SMILES string of the molecule is COc1cc(Cl)c(Cl)c(C(C)C)c1. The maximum Gasteiger partial charge on any atom is 0.120 e. The number of rotatable bonds is 2. The summed E-state index contributed by atoms with van der Waals surface area (Å²) in [4.78, 5) is 0. The van der Waals surface area contributed by atoms with E-state index in [1.54, 1.807) is 13.2 Å². The third-order valence-corrected chi connectivity index (χ3v) is 2.70. The predicted octanol–water partition coefficient (Wildman–Crippen LogP) is 4.13. The third kappa shape index (κ3) is 2.29. The van der Waals surface area contributed by atoms with Crippen molar-refractivity contribution in [3.63, 3.8) is 0 Å². The molecule has 0 amide bonds. The number of hydrogen-bond donors (Lipinski definition) is 0. The zero-order chi connectivity index (χ0) is 10.0. The molecule has 0 aromatic heterocycles. The van der Waals surface area contributed by atoms with E-state index in [4.69, 9.17) is 27.9 Å². The van der Waals surface area contributed by atoms with E-state index in [9.17, 15) is 0 Å². The molecule has 0 radical (unpaired) electrons. The Bertz CT molecular complexity index is 308. The van der Waals surface area contributed by atoms with Gasteiger partial charge in [-0.25, -0.2) is 0 Å². The molecule has 0 aliphatic rings. The van der Waals surface area contributed by atoms with E-state index in [-0.39, 0.29) is 0 Å².